The number of anilines is 2. The van der Waals surface area contributed by atoms with Crippen LogP contribution in [0.3, 0.4) is 0 Å². The number of halogens is 4. The van der Waals surface area contributed by atoms with E-state index in [0.29, 0.717) is 47.1 Å². The zero-order valence-electron chi connectivity index (χ0n) is 21.0. The number of carbonyl (C=O) groups excluding carboxylic acids is 3. The van der Waals surface area contributed by atoms with Gasteiger partial charge < -0.3 is 15.0 Å². The summed E-state index contributed by atoms with van der Waals surface area (Å²) in [6.45, 7) is -0.349. The fraction of sp³-hybridized carbons (Fsp3) is 0.143. The van der Waals surface area contributed by atoms with Crippen molar-refractivity contribution in [3.8, 4) is 5.75 Å². The standard InChI is InChI=1S/C28H17Br2Cl2N3O5S2/c29-12-1-5-15(6-2-12)35-26(37)22-21(23-25(34-28(39)42-23)41-24(22)27(35)38)16-9-13(30)3-8-19(16)40-11-20(36)33-14-4-7-17(31)18(32)10-14/h1-10,21-22,24H,11H2,(H,33,36)(H,34,39). The van der Waals surface area contributed by atoms with Crippen molar-refractivity contribution in [1.82, 2.24) is 4.98 Å². The molecule has 1 fully saturated rings. The maximum Gasteiger partial charge on any atom is 0.305 e. The van der Waals surface area contributed by atoms with E-state index in [1.165, 1.54) is 22.7 Å². The maximum atomic E-state index is 14.0. The molecular weight excluding hydrogens is 753 g/mol. The molecule has 1 saturated heterocycles. The number of thiazole rings is 1. The summed E-state index contributed by atoms with van der Waals surface area (Å²) in [5.41, 5.74) is 1.48. The van der Waals surface area contributed by atoms with Gasteiger partial charge in [-0.3, -0.25) is 19.2 Å². The normalized spacial score (nSPS) is 19.4. The number of carbonyl (C=O) groups is 3. The Kier molecular flexibility index (Phi) is 8.29. The molecule has 3 aromatic carbocycles. The van der Waals surface area contributed by atoms with E-state index in [-0.39, 0.29) is 23.3 Å². The molecule has 214 valence electrons. The lowest BCUT2D eigenvalue weighted by atomic mass is 9.82. The minimum Gasteiger partial charge on any atom is -0.483 e. The van der Waals surface area contributed by atoms with Gasteiger partial charge in [-0.05, 0) is 60.7 Å². The van der Waals surface area contributed by atoms with Crippen molar-refractivity contribution in [1.29, 1.82) is 0 Å². The van der Waals surface area contributed by atoms with Crippen molar-refractivity contribution in [2.24, 2.45) is 5.92 Å². The zero-order chi connectivity index (χ0) is 29.7. The summed E-state index contributed by atoms with van der Waals surface area (Å²) in [4.78, 5) is 57.3. The fourth-order valence-electron chi connectivity index (χ4n) is 5.00. The van der Waals surface area contributed by atoms with Crippen molar-refractivity contribution >= 4 is 107 Å². The average molecular weight is 770 g/mol. The highest BCUT2D eigenvalue weighted by Crippen LogP contribution is 2.54. The molecule has 0 saturated carbocycles. The Morgan fingerprint density at radius 3 is 2.43 bits per heavy atom. The zero-order valence-corrected chi connectivity index (χ0v) is 27.3. The lowest BCUT2D eigenvalue weighted by Gasteiger charge is -2.31. The molecule has 14 heteroatoms. The second kappa shape index (κ2) is 11.8. The van der Waals surface area contributed by atoms with Crippen LogP contribution in [0.4, 0.5) is 11.4 Å². The number of amides is 3. The summed E-state index contributed by atoms with van der Waals surface area (Å²) < 4.78 is 7.51. The highest BCUT2D eigenvalue weighted by Gasteiger charge is 2.56. The quantitative estimate of drug-likeness (QED) is 0.203. The average Bonchev–Trinajstić information content (AvgIpc) is 3.44. The van der Waals surface area contributed by atoms with E-state index in [4.69, 9.17) is 27.9 Å². The Labute approximate surface area is 274 Å². The number of hydrogen-bond acceptors (Lipinski definition) is 7. The Morgan fingerprint density at radius 1 is 0.952 bits per heavy atom. The molecule has 3 amide bonds. The van der Waals surface area contributed by atoms with Crippen LogP contribution in [-0.2, 0) is 14.4 Å². The van der Waals surface area contributed by atoms with E-state index >= 15 is 0 Å². The fourth-order valence-corrected chi connectivity index (χ4v) is 8.45. The van der Waals surface area contributed by atoms with Crippen molar-refractivity contribution in [3.05, 3.63) is 99.8 Å². The third kappa shape index (κ3) is 5.56. The minimum absolute atomic E-state index is 0.291. The number of thioether (sulfide) groups is 1. The van der Waals surface area contributed by atoms with E-state index in [1.54, 1.807) is 54.6 Å². The van der Waals surface area contributed by atoms with Crippen LogP contribution in [0.1, 0.15) is 16.4 Å². The molecule has 2 aliphatic rings. The lowest BCUT2D eigenvalue weighted by molar-refractivity contribution is -0.122. The Bertz CT molecular complexity index is 1810. The number of H-pyrrole nitrogens is 1. The number of nitrogens with one attached hydrogen (secondary N) is 2. The molecule has 3 unspecified atom stereocenters. The molecule has 3 heterocycles. The van der Waals surface area contributed by atoms with Crippen LogP contribution in [0.5, 0.6) is 5.75 Å². The van der Waals surface area contributed by atoms with Gasteiger partial charge >= 0.3 is 4.87 Å². The van der Waals surface area contributed by atoms with Gasteiger partial charge in [0.1, 0.15) is 11.0 Å². The molecule has 0 radical (unpaired) electrons. The van der Waals surface area contributed by atoms with Gasteiger partial charge in [0.15, 0.2) is 6.61 Å². The predicted molar refractivity (Wildman–Crippen MR) is 171 cm³/mol. The van der Waals surface area contributed by atoms with Gasteiger partial charge in [-0.25, -0.2) is 4.90 Å². The van der Waals surface area contributed by atoms with Crippen molar-refractivity contribution < 1.29 is 19.1 Å². The lowest BCUT2D eigenvalue weighted by Crippen LogP contribution is -2.32. The first-order chi connectivity index (χ1) is 20.1. The van der Waals surface area contributed by atoms with Crippen LogP contribution in [0, 0.1) is 5.92 Å². The van der Waals surface area contributed by atoms with Gasteiger partial charge in [0, 0.05) is 31.0 Å². The van der Waals surface area contributed by atoms with E-state index in [1.807, 2.05) is 0 Å². The number of nitrogens with zero attached hydrogens (tertiary/aromatic N) is 1. The maximum absolute atomic E-state index is 14.0. The van der Waals surface area contributed by atoms with Gasteiger partial charge in [-0.1, -0.05) is 78.2 Å². The topological polar surface area (TPSA) is 109 Å². The first-order valence-corrected chi connectivity index (χ1v) is 16.3. The molecule has 42 heavy (non-hydrogen) atoms. The largest absolute Gasteiger partial charge is 0.483 e. The Hall–Kier alpha value is -2.61. The molecule has 6 rings (SSSR count). The SMILES string of the molecule is O=C(COc1ccc(Br)cc1C1c2sc(=O)[nH]c2SC2C(=O)N(c3ccc(Br)cc3)C(=O)C21)Nc1ccc(Cl)c(Cl)c1. The summed E-state index contributed by atoms with van der Waals surface area (Å²) >= 11 is 21.1. The molecule has 0 bridgehead atoms. The molecule has 2 N–H and O–H groups in total. The van der Waals surface area contributed by atoms with Crippen LogP contribution in [0.2, 0.25) is 10.0 Å². The van der Waals surface area contributed by atoms with Crippen LogP contribution in [-0.4, -0.2) is 34.6 Å². The number of aromatic nitrogens is 1. The molecular formula is C28H17Br2Cl2N3O5S2. The summed E-state index contributed by atoms with van der Waals surface area (Å²) in [5, 5.41) is 3.14. The number of fused-ring (bicyclic) bond motifs is 2. The van der Waals surface area contributed by atoms with Gasteiger partial charge in [0.2, 0.25) is 11.8 Å². The monoisotopic (exact) mass is 767 g/mol. The number of ether oxygens (including phenoxy) is 1. The van der Waals surface area contributed by atoms with E-state index in [9.17, 15) is 19.2 Å². The smallest absolute Gasteiger partial charge is 0.305 e. The second-order valence-electron chi connectivity index (χ2n) is 9.39. The first kappa shape index (κ1) is 29.5. The van der Waals surface area contributed by atoms with Crippen molar-refractivity contribution in [3.63, 3.8) is 0 Å². The van der Waals surface area contributed by atoms with Gasteiger partial charge in [-0.2, -0.15) is 0 Å². The van der Waals surface area contributed by atoms with Gasteiger partial charge in [-0.15, -0.1) is 0 Å². The molecule has 1 aromatic heterocycles. The Balaban J connectivity index is 1.35. The number of imide groups is 1. The summed E-state index contributed by atoms with van der Waals surface area (Å²) in [6, 6.07) is 16.9. The molecule has 0 spiro atoms. The van der Waals surface area contributed by atoms with Gasteiger partial charge in [0.25, 0.3) is 5.91 Å². The van der Waals surface area contributed by atoms with Crippen LogP contribution >= 0.6 is 78.2 Å². The van der Waals surface area contributed by atoms with Crippen LogP contribution in [0.15, 0.2) is 79.4 Å². The molecule has 0 aliphatic carbocycles. The number of rotatable bonds is 6. The highest BCUT2D eigenvalue weighted by molar-refractivity contribution is 9.10. The van der Waals surface area contributed by atoms with E-state index < -0.39 is 23.0 Å². The van der Waals surface area contributed by atoms with E-state index in [0.717, 1.165) is 15.8 Å². The molecule has 2 aliphatic heterocycles. The van der Waals surface area contributed by atoms with Crippen LogP contribution < -0.4 is 19.8 Å². The third-order valence-electron chi connectivity index (χ3n) is 6.78. The minimum atomic E-state index is -0.813. The third-order valence-corrected chi connectivity index (χ3v) is 10.9. The number of benzene rings is 3. The second-order valence-corrected chi connectivity index (χ2v) is 14.2. The number of aromatic amines is 1. The molecule has 4 aromatic rings. The van der Waals surface area contributed by atoms with Crippen molar-refractivity contribution in [2.45, 2.75) is 16.2 Å². The predicted octanol–water partition coefficient (Wildman–Crippen LogP) is 7.08. The van der Waals surface area contributed by atoms with Gasteiger partial charge in [0.05, 0.1) is 26.7 Å². The Morgan fingerprint density at radius 2 is 1.69 bits per heavy atom. The molecule has 8 nitrogen and oxygen atoms in total. The van der Waals surface area contributed by atoms with E-state index in [2.05, 4.69) is 42.2 Å². The summed E-state index contributed by atoms with van der Waals surface area (Å²) in [5.74, 6) is -2.34. The van der Waals surface area contributed by atoms with Crippen LogP contribution in [0.25, 0.3) is 0 Å². The summed E-state index contributed by atoms with van der Waals surface area (Å²) in [6.07, 6.45) is 0. The summed E-state index contributed by atoms with van der Waals surface area (Å²) in [7, 11) is 0. The highest BCUT2D eigenvalue weighted by atomic mass is 79.9. The van der Waals surface area contributed by atoms with Crippen molar-refractivity contribution in [2.75, 3.05) is 16.8 Å². The molecule has 3 atom stereocenters. The first-order valence-electron chi connectivity index (χ1n) is 12.3. The number of hydrogen-bond donors (Lipinski definition) is 2.